The maximum absolute atomic E-state index is 12.2. The number of carbonyl (C=O) groups excluding carboxylic acids is 2. The van der Waals surface area contributed by atoms with Gasteiger partial charge in [0.2, 0.25) is 0 Å². The molecule has 0 aliphatic rings. The molecule has 0 radical (unpaired) electrons. The first kappa shape index (κ1) is 16.5. The number of esters is 2. The molecule has 0 bridgehead atoms. The Morgan fingerprint density at radius 1 is 1.00 bits per heavy atom. The van der Waals surface area contributed by atoms with Crippen LogP contribution >= 0.6 is 0 Å². The molecule has 3 aromatic rings. The summed E-state index contributed by atoms with van der Waals surface area (Å²) in [5.41, 5.74) is 2.26. The van der Waals surface area contributed by atoms with Gasteiger partial charge >= 0.3 is 17.7 Å². The van der Waals surface area contributed by atoms with Gasteiger partial charge in [0, 0.05) is 0 Å². The van der Waals surface area contributed by atoms with Crippen molar-refractivity contribution in [3.05, 3.63) is 69.7 Å². The van der Waals surface area contributed by atoms with Gasteiger partial charge in [-0.1, -0.05) is 12.1 Å². The summed E-state index contributed by atoms with van der Waals surface area (Å²) in [5.74, 6) is -1.52. The van der Waals surface area contributed by atoms with Crippen LogP contribution in [0.25, 0.3) is 11.1 Å². The molecule has 3 rings (SSSR count). The summed E-state index contributed by atoms with van der Waals surface area (Å²) in [6, 6.07) is 11.4. The molecular formula is C18H15NO6. The highest BCUT2D eigenvalue weighted by Crippen LogP contribution is 2.17. The third-order valence-electron chi connectivity index (χ3n) is 3.78. The molecule has 0 aliphatic carbocycles. The first-order chi connectivity index (χ1) is 12.0. The fraction of sp³-hybridized carbons (Fsp3) is 0.167. The highest BCUT2D eigenvalue weighted by Gasteiger charge is 2.14. The van der Waals surface area contributed by atoms with Gasteiger partial charge in [-0.3, -0.25) is 4.57 Å². The second-order valence-electron chi connectivity index (χ2n) is 5.32. The van der Waals surface area contributed by atoms with Crippen molar-refractivity contribution >= 4 is 23.0 Å². The van der Waals surface area contributed by atoms with Crippen molar-refractivity contribution in [2.45, 2.75) is 6.54 Å². The van der Waals surface area contributed by atoms with Gasteiger partial charge in [-0.2, -0.15) is 0 Å². The van der Waals surface area contributed by atoms with Gasteiger partial charge in [-0.15, -0.1) is 0 Å². The minimum atomic E-state index is -0.555. The molecule has 25 heavy (non-hydrogen) atoms. The summed E-state index contributed by atoms with van der Waals surface area (Å²) >= 11 is 0. The maximum Gasteiger partial charge on any atom is 0.420 e. The molecule has 1 aromatic heterocycles. The second-order valence-corrected chi connectivity index (χ2v) is 5.32. The molecule has 0 amide bonds. The van der Waals surface area contributed by atoms with Crippen molar-refractivity contribution in [2.24, 2.45) is 0 Å². The fourth-order valence-corrected chi connectivity index (χ4v) is 2.56. The standard InChI is InChI=1S/C18H15NO6/c1-23-16(20)12-5-3-4-11(8-12)10-19-14-7-6-13(17(21)24-2)9-15(14)25-18(19)22/h3-9H,10H2,1-2H3. The maximum atomic E-state index is 12.2. The molecule has 0 saturated carbocycles. The Kier molecular flexibility index (Phi) is 4.38. The molecular weight excluding hydrogens is 326 g/mol. The van der Waals surface area contributed by atoms with Crippen LogP contribution in [0.1, 0.15) is 26.3 Å². The van der Waals surface area contributed by atoms with E-state index in [1.54, 1.807) is 36.4 Å². The first-order valence-corrected chi connectivity index (χ1v) is 7.42. The quantitative estimate of drug-likeness (QED) is 0.676. The van der Waals surface area contributed by atoms with Crippen LogP contribution in [0.15, 0.2) is 51.7 Å². The van der Waals surface area contributed by atoms with Crippen LogP contribution in [0, 0.1) is 0 Å². The zero-order chi connectivity index (χ0) is 18.0. The lowest BCUT2D eigenvalue weighted by Gasteiger charge is -2.05. The Morgan fingerprint density at radius 2 is 1.68 bits per heavy atom. The number of hydrogen-bond donors (Lipinski definition) is 0. The summed E-state index contributed by atoms with van der Waals surface area (Å²) in [6.07, 6.45) is 0. The van der Waals surface area contributed by atoms with E-state index in [0.29, 0.717) is 16.6 Å². The van der Waals surface area contributed by atoms with Crippen LogP contribution in [0.4, 0.5) is 0 Å². The van der Waals surface area contributed by atoms with E-state index in [4.69, 9.17) is 9.15 Å². The van der Waals surface area contributed by atoms with E-state index in [0.717, 1.165) is 5.56 Å². The SMILES string of the molecule is COC(=O)c1cccc(Cn2c(=O)oc3cc(C(=O)OC)ccc32)c1. The molecule has 0 spiro atoms. The monoisotopic (exact) mass is 341 g/mol. The number of ether oxygens (including phenoxy) is 2. The highest BCUT2D eigenvalue weighted by molar-refractivity contribution is 5.93. The van der Waals surface area contributed by atoms with Gasteiger partial charge in [0.25, 0.3) is 0 Å². The Balaban J connectivity index is 1.99. The third-order valence-corrected chi connectivity index (χ3v) is 3.78. The van der Waals surface area contributed by atoms with E-state index in [2.05, 4.69) is 4.74 Å². The number of aromatic nitrogens is 1. The largest absolute Gasteiger partial charge is 0.465 e. The van der Waals surface area contributed by atoms with Crippen LogP contribution in [-0.2, 0) is 16.0 Å². The predicted molar refractivity (Wildman–Crippen MR) is 88.7 cm³/mol. The van der Waals surface area contributed by atoms with Gasteiger partial charge in [0.15, 0.2) is 5.58 Å². The Hall–Kier alpha value is -3.35. The molecule has 128 valence electrons. The summed E-state index contributed by atoms with van der Waals surface area (Å²) in [6.45, 7) is 0.217. The number of rotatable bonds is 4. The number of benzene rings is 2. The number of hydrogen-bond acceptors (Lipinski definition) is 6. The second kappa shape index (κ2) is 6.64. The molecule has 0 fully saturated rings. The van der Waals surface area contributed by atoms with E-state index < -0.39 is 17.7 Å². The van der Waals surface area contributed by atoms with E-state index >= 15 is 0 Å². The zero-order valence-electron chi connectivity index (χ0n) is 13.6. The van der Waals surface area contributed by atoms with Crippen LogP contribution in [0.3, 0.4) is 0 Å². The normalized spacial score (nSPS) is 10.6. The topological polar surface area (TPSA) is 87.7 Å². The lowest BCUT2D eigenvalue weighted by molar-refractivity contribution is 0.0592. The number of carbonyl (C=O) groups is 2. The summed E-state index contributed by atoms with van der Waals surface area (Å²) in [4.78, 5) is 35.4. The predicted octanol–water partition coefficient (Wildman–Crippen LogP) is 2.22. The van der Waals surface area contributed by atoms with Gasteiger partial charge < -0.3 is 13.9 Å². The van der Waals surface area contributed by atoms with Gasteiger partial charge in [-0.25, -0.2) is 14.4 Å². The van der Waals surface area contributed by atoms with E-state index in [1.165, 1.54) is 24.9 Å². The van der Waals surface area contributed by atoms with Crippen LogP contribution in [0.2, 0.25) is 0 Å². The van der Waals surface area contributed by atoms with Crippen molar-refractivity contribution in [3.63, 3.8) is 0 Å². The summed E-state index contributed by atoms with van der Waals surface area (Å²) in [7, 11) is 2.59. The minimum Gasteiger partial charge on any atom is -0.465 e. The number of oxazole rings is 1. The molecule has 0 saturated heterocycles. The minimum absolute atomic E-state index is 0.217. The number of methoxy groups -OCH3 is 2. The van der Waals surface area contributed by atoms with Crippen molar-refractivity contribution in [3.8, 4) is 0 Å². The summed E-state index contributed by atoms with van der Waals surface area (Å²) < 4.78 is 16.0. The van der Waals surface area contributed by atoms with Crippen LogP contribution in [0.5, 0.6) is 0 Å². The highest BCUT2D eigenvalue weighted by atomic mass is 16.5. The van der Waals surface area contributed by atoms with Gasteiger partial charge in [0.05, 0.1) is 37.4 Å². The van der Waals surface area contributed by atoms with Gasteiger partial charge in [-0.05, 0) is 35.9 Å². The van der Waals surface area contributed by atoms with Crippen molar-refractivity contribution in [1.82, 2.24) is 4.57 Å². The van der Waals surface area contributed by atoms with E-state index in [1.807, 2.05) is 0 Å². The smallest absolute Gasteiger partial charge is 0.420 e. The molecule has 7 nitrogen and oxygen atoms in total. The fourth-order valence-electron chi connectivity index (χ4n) is 2.56. The molecule has 0 N–H and O–H groups in total. The van der Waals surface area contributed by atoms with Crippen molar-refractivity contribution in [1.29, 1.82) is 0 Å². The van der Waals surface area contributed by atoms with E-state index in [9.17, 15) is 14.4 Å². The zero-order valence-corrected chi connectivity index (χ0v) is 13.6. The lowest BCUT2D eigenvalue weighted by atomic mass is 10.1. The van der Waals surface area contributed by atoms with Crippen LogP contribution < -0.4 is 5.76 Å². The molecule has 7 heteroatoms. The first-order valence-electron chi connectivity index (χ1n) is 7.42. The number of fused-ring (bicyclic) bond motifs is 1. The van der Waals surface area contributed by atoms with Crippen molar-refractivity contribution in [2.75, 3.05) is 14.2 Å². The lowest BCUT2D eigenvalue weighted by Crippen LogP contribution is -2.15. The molecule has 0 aliphatic heterocycles. The Morgan fingerprint density at radius 3 is 2.36 bits per heavy atom. The van der Waals surface area contributed by atoms with Crippen LogP contribution in [-0.4, -0.2) is 30.7 Å². The molecule has 1 heterocycles. The molecule has 0 atom stereocenters. The average molecular weight is 341 g/mol. The third kappa shape index (κ3) is 3.16. The summed E-state index contributed by atoms with van der Waals surface area (Å²) in [5, 5.41) is 0. The Labute approximate surface area is 142 Å². The molecule has 0 unspecified atom stereocenters. The van der Waals surface area contributed by atoms with E-state index in [-0.39, 0.29) is 12.1 Å². The molecule has 2 aromatic carbocycles. The van der Waals surface area contributed by atoms with Gasteiger partial charge in [0.1, 0.15) is 0 Å². The average Bonchev–Trinajstić information content (AvgIpc) is 2.95. The van der Waals surface area contributed by atoms with Crippen molar-refractivity contribution < 1.29 is 23.5 Å². The number of nitrogens with zero attached hydrogens (tertiary/aromatic N) is 1. The Bertz CT molecular complexity index is 1010.